The van der Waals surface area contributed by atoms with Crippen molar-refractivity contribution in [2.24, 2.45) is 5.16 Å². The fourth-order valence-electron chi connectivity index (χ4n) is 3.94. The molecule has 0 aromatic heterocycles. The van der Waals surface area contributed by atoms with Gasteiger partial charge in [-0.3, -0.25) is 0 Å². The maximum absolute atomic E-state index is 11.1. The predicted molar refractivity (Wildman–Crippen MR) is 111 cm³/mol. The van der Waals surface area contributed by atoms with Gasteiger partial charge in [0, 0.05) is 18.0 Å². The molecule has 4 heteroatoms. The van der Waals surface area contributed by atoms with Crippen LogP contribution in [0.25, 0.3) is 11.1 Å². The van der Waals surface area contributed by atoms with E-state index in [1.165, 1.54) is 29.2 Å². The molecule has 1 aliphatic carbocycles. The normalized spacial score (nSPS) is 14.2. The molecule has 0 spiro atoms. The first-order valence-electron chi connectivity index (χ1n) is 8.92. The monoisotopic (exact) mass is 360 g/mol. The Hall–Kier alpha value is -3.14. The van der Waals surface area contributed by atoms with Gasteiger partial charge in [0.05, 0.1) is 5.71 Å². The molecule has 0 unspecified atom stereocenters. The minimum absolute atomic E-state index is 0.263. The van der Waals surface area contributed by atoms with Gasteiger partial charge in [0.2, 0.25) is 0 Å². The van der Waals surface area contributed by atoms with Crippen molar-refractivity contribution in [3.8, 4) is 11.1 Å². The lowest BCUT2D eigenvalue weighted by Crippen LogP contribution is -2.24. The third kappa shape index (κ3) is 3.19. The smallest absolute Gasteiger partial charge is 0.331 e. The first-order chi connectivity index (χ1) is 12.9. The van der Waals surface area contributed by atoms with E-state index in [1.54, 1.807) is 0 Å². The van der Waals surface area contributed by atoms with Crippen LogP contribution in [0.5, 0.6) is 0 Å². The SMILES string of the molecule is C=CCC1(CC=C)c2cc(N)ccc2-c2ccc(/C(C)=N\OC(C)=O)cc21. The van der Waals surface area contributed by atoms with E-state index in [4.69, 9.17) is 10.6 Å². The lowest BCUT2D eigenvalue weighted by molar-refractivity contribution is -0.140. The van der Waals surface area contributed by atoms with Crippen LogP contribution in [-0.4, -0.2) is 11.7 Å². The molecular formula is C23H24N2O2. The fourth-order valence-corrected chi connectivity index (χ4v) is 3.94. The standard InChI is InChI=1S/C23H24N2O2/c1-5-11-23(12-6-2)21-13-17(15(3)25-27-16(4)26)7-9-19(21)20-10-8-18(24)14-22(20)23/h5-10,13-14H,1-2,11-12,24H2,3-4H3/b25-15-. The number of nitrogens with zero attached hydrogens (tertiary/aromatic N) is 1. The van der Waals surface area contributed by atoms with E-state index in [2.05, 4.69) is 42.6 Å². The van der Waals surface area contributed by atoms with E-state index < -0.39 is 5.97 Å². The number of benzene rings is 2. The van der Waals surface area contributed by atoms with Crippen LogP contribution in [-0.2, 0) is 15.0 Å². The molecule has 0 heterocycles. The van der Waals surface area contributed by atoms with Gasteiger partial charge in [-0.2, -0.15) is 0 Å². The molecule has 0 fully saturated rings. The summed E-state index contributed by atoms with van der Waals surface area (Å²) in [7, 11) is 0. The molecule has 3 rings (SSSR count). The van der Waals surface area contributed by atoms with E-state index in [-0.39, 0.29) is 5.41 Å². The molecule has 0 saturated heterocycles. The third-order valence-electron chi connectivity index (χ3n) is 5.10. The van der Waals surface area contributed by atoms with Crippen LogP contribution in [0.1, 0.15) is 43.4 Å². The molecule has 0 aliphatic heterocycles. The third-order valence-corrected chi connectivity index (χ3v) is 5.10. The lowest BCUT2D eigenvalue weighted by Gasteiger charge is -2.30. The summed E-state index contributed by atoms with van der Waals surface area (Å²) in [6, 6.07) is 12.3. The number of nitrogens with two attached hydrogens (primary N) is 1. The second kappa shape index (κ2) is 7.23. The summed E-state index contributed by atoms with van der Waals surface area (Å²) in [5.74, 6) is -0.439. The van der Waals surface area contributed by atoms with Crippen molar-refractivity contribution in [2.45, 2.75) is 32.1 Å². The van der Waals surface area contributed by atoms with Crippen molar-refractivity contribution >= 4 is 17.4 Å². The Kier molecular flexibility index (Phi) is 5.00. The number of hydrogen-bond acceptors (Lipinski definition) is 4. The van der Waals surface area contributed by atoms with E-state index in [0.717, 1.165) is 24.1 Å². The number of carbonyl (C=O) groups excluding carboxylic acids is 1. The van der Waals surface area contributed by atoms with E-state index in [1.807, 2.05) is 31.2 Å². The highest BCUT2D eigenvalue weighted by molar-refractivity contribution is 6.00. The molecule has 2 aromatic carbocycles. The number of fused-ring (bicyclic) bond motifs is 3. The van der Waals surface area contributed by atoms with Crippen molar-refractivity contribution in [3.05, 3.63) is 78.4 Å². The minimum atomic E-state index is -0.439. The van der Waals surface area contributed by atoms with Gasteiger partial charge in [-0.25, -0.2) is 4.79 Å². The molecule has 0 amide bonds. The second-order valence-corrected chi connectivity index (χ2v) is 6.89. The summed E-state index contributed by atoms with van der Waals surface area (Å²) in [6.07, 6.45) is 5.42. The zero-order valence-electron chi connectivity index (χ0n) is 15.8. The number of allylic oxidation sites excluding steroid dienone is 2. The Balaban J connectivity index is 2.22. The molecule has 138 valence electrons. The van der Waals surface area contributed by atoms with Gasteiger partial charge in [-0.15, -0.1) is 13.2 Å². The average Bonchev–Trinajstić information content (AvgIpc) is 2.89. The van der Waals surface area contributed by atoms with Gasteiger partial charge in [-0.1, -0.05) is 35.5 Å². The zero-order valence-corrected chi connectivity index (χ0v) is 15.8. The number of hydrogen-bond donors (Lipinski definition) is 1. The maximum atomic E-state index is 11.1. The van der Waals surface area contributed by atoms with Crippen LogP contribution in [0, 0.1) is 0 Å². The predicted octanol–water partition coefficient (Wildman–Crippen LogP) is 4.97. The number of anilines is 1. The summed E-state index contributed by atoms with van der Waals surface area (Å²) >= 11 is 0. The Labute approximate surface area is 160 Å². The number of nitrogen functional groups attached to an aromatic ring is 1. The molecular weight excluding hydrogens is 336 g/mol. The fraction of sp³-hybridized carbons (Fsp3) is 0.217. The number of rotatable bonds is 6. The van der Waals surface area contributed by atoms with Gasteiger partial charge >= 0.3 is 5.97 Å². The van der Waals surface area contributed by atoms with Crippen molar-refractivity contribution in [1.82, 2.24) is 0 Å². The van der Waals surface area contributed by atoms with Crippen LogP contribution >= 0.6 is 0 Å². The van der Waals surface area contributed by atoms with E-state index in [9.17, 15) is 4.79 Å². The van der Waals surface area contributed by atoms with Crippen molar-refractivity contribution in [3.63, 3.8) is 0 Å². The molecule has 0 saturated carbocycles. The Morgan fingerprint density at radius 2 is 1.67 bits per heavy atom. The summed E-state index contributed by atoms with van der Waals surface area (Å²) in [4.78, 5) is 15.9. The van der Waals surface area contributed by atoms with Crippen LogP contribution in [0.15, 0.2) is 66.9 Å². The minimum Gasteiger partial charge on any atom is -0.399 e. The summed E-state index contributed by atoms with van der Waals surface area (Å²) in [5.41, 5.74) is 12.9. The van der Waals surface area contributed by atoms with Crippen molar-refractivity contribution in [2.75, 3.05) is 5.73 Å². The molecule has 0 radical (unpaired) electrons. The first kappa shape index (κ1) is 18.6. The second-order valence-electron chi connectivity index (χ2n) is 6.89. The molecule has 0 atom stereocenters. The van der Waals surface area contributed by atoms with E-state index in [0.29, 0.717) is 5.71 Å². The molecule has 4 nitrogen and oxygen atoms in total. The molecule has 0 bridgehead atoms. The molecule has 2 N–H and O–H groups in total. The van der Waals surface area contributed by atoms with Crippen LogP contribution in [0.2, 0.25) is 0 Å². The van der Waals surface area contributed by atoms with Gasteiger partial charge < -0.3 is 10.6 Å². The summed E-state index contributed by atoms with van der Waals surface area (Å²) < 4.78 is 0. The Morgan fingerprint density at radius 3 is 2.26 bits per heavy atom. The van der Waals surface area contributed by atoms with Crippen molar-refractivity contribution < 1.29 is 9.63 Å². The quantitative estimate of drug-likeness (QED) is 0.260. The van der Waals surface area contributed by atoms with Gasteiger partial charge in [0.1, 0.15) is 0 Å². The highest BCUT2D eigenvalue weighted by atomic mass is 16.7. The largest absolute Gasteiger partial charge is 0.399 e. The van der Waals surface area contributed by atoms with E-state index >= 15 is 0 Å². The molecule has 1 aliphatic rings. The van der Waals surface area contributed by atoms with Gasteiger partial charge in [0.15, 0.2) is 0 Å². The van der Waals surface area contributed by atoms with Crippen LogP contribution in [0.3, 0.4) is 0 Å². The Morgan fingerprint density at radius 1 is 1.07 bits per heavy atom. The zero-order chi connectivity index (χ0) is 19.6. The number of carbonyl (C=O) groups is 1. The van der Waals surface area contributed by atoms with Crippen molar-refractivity contribution in [1.29, 1.82) is 0 Å². The highest BCUT2D eigenvalue weighted by Crippen LogP contribution is 2.53. The topological polar surface area (TPSA) is 64.7 Å². The lowest BCUT2D eigenvalue weighted by atomic mass is 9.72. The van der Waals surface area contributed by atoms with Crippen LogP contribution < -0.4 is 5.73 Å². The maximum Gasteiger partial charge on any atom is 0.331 e. The first-order valence-corrected chi connectivity index (χ1v) is 8.92. The number of oxime groups is 1. The molecule has 27 heavy (non-hydrogen) atoms. The van der Waals surface area contributed by atoms with Crippen LogP contribution in [0.4, 0.5) is 5.69 Å². The summed E-state index contributed by atoms with van der Waals surface area (Å²) in [6.45, 7) is 11.1. The van der Waals surface area contributed by atoms with Gasteiger partial charge in [0.25, 0.3) is 0 Å². The average molecular weight is 360 g/mol. The van der Waals surface area contributed by atoms with Gasteiger partial charge in [-0.05, 0) is 65.8 Å². The highest BCUT2D eigenvalue weighted by Gasteiger charge is 2.41. The Bertz CT molecular complexity index is 947. The molecule has 2 aromatic rings. The summed E-state index contributed by atoms with van der Waals surface area (Å²) in [5, 5.41) is 3.93.